The molecule has 0 bridgehead atoms. The average Bonchev–Trinajstić information content (AvgIpc) is 2.61. The van der Waals surface area contributed by atoms with Crippen LogP contribution in [-0.4, -0.2) is 42.6 Å². The second kappa shape index (κ2) is 7.53. The van der Waals surface area contributed by atoms with E-state index in [1.165, 1.54) is 0 Å². The predicted octanol–water partition coefficient (Wildman–Crippen LogP) is 2.12. The largest absolute Gasteiger partial charge is 0.497 e. The fourth-order valence-electron chi connectivity index (χ4n) is 2.97. The van der Waals surface area contributed by atoms with E-state index in [1.54, 1.807) is 7.11 Å². The normalized spacial score (nSPS) is 17.4. The van der Waals surface area contributed by atoms with E-state index < -0.39 is 0 Å². The van der Waals surface area contributed by atoms with E-state index in [0.29, 0.717) is 31.8 Å². The quantitative estimate of drug-likeness (QED) is 0.922. The SMILES string of the molecule is COc1ccc(CC(=O)N2CCO[C@H](c3cc(N)cc(C)n3)C2)cc1. The fraction of sp³-hybridized carbons (Fsp3) is 0.368. The van der Waals surface area contributed by atoms with E-state index in [1.807, 2.05) is 48.2 Å². The smallest absolute Gasteiger partial charge is 0.227 e. The third kappa shape index (κ3) is 4.28. The third-order valence-electron chi connectivity index (χ3n) is 4.26. The zero-order valence-corrected chi connectivity index (χ0v) is 14.6. The highest BCUT2D eigenvalue weighted by molar-refractivity contribution is 5.79. The Morgan fingerprint density at radius 3 is 2.80 bits per heavy atom. The summed E-state index contributed by atoms with van der Waals surface area (Å²) in [7, 11) is 1.63. The number of rotatable bonds is 4. The summed E-state index contributed by atoms with van der Waals surface area (Å²) in [6.07, 6.45) is 0.121. The number of pyridine rings is 1. The van der Waals surface area contributed by atoms with Gasteiger partial charge in [0.05, 0.1) is 32.4 Å². The van der Waals surface area contributed by atoms with Gasteiger partial charge in [-0.3, -0.25) is 9.78 Å². The van der Waals surface area contributed by atoms with E-state index in [9.17, 15) is 4.79 Å². The molecule has 0 spiro atoms. The first kappa shape index (κ1) is 17.2. The van der Waals surface area contributed by atoms with Gasteiger partial charge in [-0.1, -0.05) is 12.1 Å². The van der Waals surface area contributed by atoms with Crippen molar-refractivity contribution in [3.8, 4) is 5.75 Å². The Bertz CT molecular complexity index is 726. The topological polar surface area (TPSA) is 77.7 Å². The molecule has 0 radical (unpaired) electrons. The minimum absolute atomic E-state index is 0.0825. The van der Waals surface area contributed by atoms with E-state index >= 15 is 0 Å². The van der Waals surface area contributed by atoms with Crippen LogP contribution in [0, 0.1) is 6.92 Å². The Labute approximate surface area is 147 Å². The number of morpholine rings is 1. The maximum atomic E-state index is 12.6. The van der Waals surface area contributed by atoms with Gasteiger partial charge in [0.25, 0.3) is 0 Å². The Morgan fingerprint density at radius 1 is 1.36 bits per heavy atom. The molecular weight excluding hydrogens is 318 g/mol. The monoisotopic (exact) mass is 341 g/mol. The summed E-state index contributed by atoms with van der Waals surface area (Å²) >= 11 is 0. The van der Waals surface area contributed by atoms with Crippen LogP contribution in [0.3, 0.4) is 0 Å². The molecule has 1 amide bonds. The lowest BCUT2D eigenvalue weighted by Crippen LogP contribution is -2.43. The molecule has 2 N–H and O–H groups in total. The van der Waals surface area contributed by atoms with Gasteiger partial charge < -0.3 is 20.1 Å². The number of amides is 1. The van der Waals surface area contributed by atoms with Gasteiger partial charge >= 0.3 is 0 Å². The average molecular weight is 341 g/mol. The lowest BCUT2D eigenvalue weighted by atomic mass is 10.1. The van der Waals surface area contributed by atoms with Crippen molar-refractivity contribution in [1.82, 2.24) is 9.88 Å². The highest BCUT2D eigenvalue weighted by Gasteiger charge is 2.26. The number of carbonyl (C=O) groups excluding carboxylic acids is 1. The van der Waals surface area contributed by atoms with Crippen molar-refractivity contribution in [1.29, 1.82) is 0 Å². The highest BCUT2D eigenvalue weighted by Crippen LogP contribution is 2.23. The number of anilines is 1. The zero-order chi connectivity index (χ0) is 17.8. The number of nitrogen functional groups attached to an aromatic ring is 1. The van der Waals surface area contributed by atoms with Gasteiger partial charge in [0, 0.05) is 17.9 Å². The molecule has 2 aromatic rings. The standard InChI is InChI=1S/C19H23N3O3/c1-13-9-15(20)11-17(21-13)18-12-22(7-8-25-18)19(23)10-14-3-5-16(24-2)6-4-14/h3-6,9,11,18H,7-8,10,12H2,1-2H3,(H2,20,21)/t18-/m0/s1. The van der Waals surface area contributed by atoms with Crippen molar-refractivity contribution in [2.45, 2.75) is 19.4 Å². The zero-order valence-electron chi connectivity index (χ0n) is 14.6. The number of aryl methyl sites for hydroxylation is 1. The second-order valence-corrected chi connectivity index (χ2v) is 6.19. The molecule has 132 valence electrons. The minimum Gasteiger partial charge on any atom is -0.497 e. The molecule has 1 atom stereocenters. The predicted molar refractivity (Wildman–Crippen MR) is 95.4 cm³/mol. The number of hydrogen-bond acceptors (Lipinski definition) is 5. The molecule has 6 heteroatoms. The number of hydrogen-bond donors (Lipinski definition) is 1. The molecule has 0 unspecified atom stereocenters. The lowest BCUT2D eigenvalue weighted by molar-refractivity contribution is -0.138. The van der Waals surface area contributed by atoms with Gasteiger partial charge in [-0.15, -0.1) is 0 Å². The van der Waals surface area contributed by atoms with E-state index in [0.717, 1.165) is 22.7 Å². The molecule has 1 aromatic heterocycles. The number of aromatic nitrogens is 1. The maximum Gasteiger partial charge on any atom is 0.227 e. The van der Waals surface area contributed by atoms with Crippen LogP contribution in [0.1, 0.15) is 23.1 Å². The third-order valence-corrected chi connectivity index (χ3v) is 4.26. The molecule has 1 aromatic carbocycles. The summed E-state index contributed by atoms with van der Waals surface area (Å²) < 4.78 is 11.0. The first-order valence-corrected chi connectivity index (χ1v) is 8.31. The molecule has 3 rings (SSSR count). The molecule has 0 aliphatic carbocycles. The van der Waals surface area contributed by atoms with Gasteiger partial charge in [0.1, 0.15) is 11.9 Å². The molecule has 0 saturated carbocycles. The summed E-state index contributed by atoms with van der Waals surface area (Å²) in [4.78, 5) is 19.0. The van der Waals surface area contributed by atoms with Crippen molar-refractivity contribution in [2.24, 2.45) is 0 Å². The first-order chi connectivity index (χ1) is 12.0. The summed E-state index contributed by atoms with van der Waals surface area (Å²) in [6, 6.07) is 11.2. The van der Waals surface area contributed by atoms with Gasteiger partial charge in [-0.25, -0.2) is 0 Å². The molecule has 1 aliphatic heterocycles. The number of carbonyl (C=O) groups is 1. The molecular formula is C19H23N3O3. The van der Waals surface area contributed by atoms with E-state index in [2.05, 4.69) is 4.98 Å². The number of nitrogens with two attached hydrogens (primary N) is 1. The Balaban J connectivity index is 1.66. The van der Waals surface area contributed by atoms with Crippen LogP contribution in [-0.2, 0) is 16.0 Å². The summed E-state index contributed by atoms with van der Waals surface area (Å²) in [6.45, 7) is 3.47. The fourth-order valence-corrected chi connectivity index (χ4v) is 2.97. The lowest BCUT2D eigenvalue weighted by Gasteiger charge is -2.33. The van der Waals surface area contributed by atoms with Gasteiger partial charge in [-0.2, -0.15) is 0 Å². The summed E-state index contributed by atoms with van der Waals surface area (Å²) in [5.74, 6) is 0.866. The molecule has 2 heterocycles. The van der Waals surface area contributed by atoms with Crippen molar-refractivity contribution >= 4 is 11.6 Å². The Hall–Kier alpha value is -2.60. The van der Waals surface area contributed by atoms with Crippen LogP contribution in [0.4, 0.5) is 5.69 Å². The molecule has 25 heavy (non-hydrogen) atoms. The van der Waals surface area contributed by atoms with Crippen molar-refractivity contribution < 1.29 is 14.3 Å². The van der Waals surface area contributed by atoms with Gasteiger partial charge in [-0.05, 0) is 36.8 Å². The number of benzene rings is 1. The number of nitrogens with zero attached hydrogens (tertiary/aromatic N) is 2. The van der Waals surface area contributed by atoms with Crippen LogP contribution in [0.15, 0.2) is 36.4 Å². The number of methoxy groups -OCH3 is 1. The van der Waals surface area contributed by atoms with E-state index in [-0.39, 0.29) is 12.0 Å². The summed E-state index contributed by atoms with van der Waals surface area (Å²) in [5, 5.41) is 0. The molecule has 1 aliphatic rings. The molecule has 1 fully saturated rings. The number of ether oxygens (including phenoxy) is 2. The van der Waals surface area contributed by atoms with Crippen molar-refractivity contribution in [3.63, 3.8) is 0 Å². The second-order valence-electron chi connectivity index (χ2n) is 6.19. The van der Waals surface area contributed by atoms with Crippen LogP contribution >= 0.6 is 0 Å². The Morgan fingerprint density at radius 2 is 2.12 bits per heavy atom. The van der Waals surface area contributed by atoms with Crippen molar-refractivity contribution in [2.75, 3.05) is 32.5 Å². The van der Waals surface area contributed by atoms with E-state index in [4.69, 9.17) is 15.2 Å². The maximum absolute atomic E-state index is 12.6. The minimum atomic E-state index is -0.240. The first-order valence-electron chi connectivity index (χ1n) is 8.31. The Kier molecular flexibility index (Phi) is 5.19. The highest BCUT2D eigenvalue weighted by atomic mass is 16.5. The summed E-state index contributed by atoms with van der Waals surface area (Å²) in [5.41, 5.74) is 9.15. The van der Waals surface area contributed by atoms with Crippen LogP contribution in [0.25, 0.3) is 0 Å². The van der Waals surface area contributed by atoms with Crippen molar-refractivity contribution in [3.05, 3.63) is 53.3 Å². The van der Waals surface area contributed by atoms with Crippen LogP contribution in [0.2, 0.25) is 0 Å². The molecule has 1 saturated heterocycles. The molecule has 6 nitrogen and oxygen atoms in total. The van der Waals surface area contributed by atoms with Gasteiger partial charge in [0.15, 0.2) is 0 Å². The van der Waals surface area contributed by atoms with Crippen LogP contribution < -0.4 is 10.5 Å². The van der Waals surface area contributed by atoms with Gasteiger partial charge in [0.2, 0.25) is 5.91 Å². The van der Waals surface area contributed by atoms with Crippen LogP contribution in [0.5, 0.6) is 5.75 Å².